The molecule has 332 valence electrons. The van der Waals surface area contributed by atoms with Crippen LogP contribution in [0.2, 0.25) is 0 Å². The van der Waals surface area contributed by atoms with Gasteiger partial charge in [0.2, 0.25) is 6.71 Å². The first-order valence-electron chi connectivity index (χ1n) is 23.8. The maximum absolute atomic E-state index is 17.8. The first-order valence-corrected chi connectivity index (χ1v) is 23.8. The number of fused-ring (bicyclic) bond motifs is 5. The molecule has 12 rings (SSSR count). The van der Waals surface area contributed by atoms with Gasteiger partial charge in [0.05, 0.1) is 17.1 Å². The molecule has 11 aromatic rings. The van der Waals surface area contributed by atoms with Crippen LogP contribution in [-0.4, -0.2) is 6.71 Å². The fraction of sp³-hybridized carbons (Fsp3) is 0.0938. The van der Waals surface area contributed by atoms with Gasteiger partial charge in [0, 0.05) is 33.4 Å². The third-order valence-corrected chi connectivity index (χ3v) is 14.2. The second-order valence-corrected chi connectivity index (χ2v) is 18.9. The van der Waals surface area contributed by atoms with Crippen molar-refractivity contribution in [2.75, 3.05) is 4.90 Å². The third kappa shape index (κ3) is 7.03. The standard InChI is InChI=1S/C64H49BFNO2/c1-38-31-40(3)61(41(4)32-38)65(62-42(5)33-39(2)34-43(62)6)54-30-29-50-49-28-27-47(37-59(49)68-58-26-16-23-52(54)60(50)58)67(56-24-15-22-51-48-21-13-14-25-57(48)69-64(51)56)63-53(45-19-11-8-12-20-45)35-46(36-55(63)66)44-17-9-7-10-18-44/h7-37H,1-6H3. The smallest absolute Gasteiger partial charge is 0.243 e. The lowest BCUT2D eigenvalue weighted by molar-refractivity contribution is 0.487. The van der Waals surface area contributed by atoms with Crippen molar-refractivity contribution < 1.29 is 13.5 Å². The van der Waals surface area contributed by atoms with Gasteiger partial charge in [-0.3, -0.25) is 0 Å². The van der Waals surface area contributed by atoms with E-state index in [-0.39, 0.29) is 12.5 Å². The van der Waals surface area contributed by atoms with Gasteiger partial charge >= 0.3 is 0 Å². The maximum Gasteiger partial charge on any atom is 0.243 e. The van der Waals surface area contributed by atoms with Gasteiger partial charge in [-0.1, -0.05) is 189 Å². The Bertz CT molecular complexity index is 3750. The van der Waals surface area contributed by atoms with Gasteiger partial charge < -0.3 is 14.1 Å². The van der Waals surface area contributed by atoms with E-state index in [9.17, 15) is 0 Å². The van der Waals surface area contributed by atoms with Crippen molar-refractivity contribution in [3.8, 4) is 44.9 Å². The van der Waals surface area contributed by atoms with Gasteiger partial charge in [0.1, 0.15) is 22.9 Å². The molecule has 3 nitrogen and oxygen atoms in total. The van der Waals surface area contributed by atoms with Gasteiger partial charge in [-0.2, -0.15) is 0 Å². The van der Waals surface area contributed by atoms with E-state index in [1.165, 1.54) is 49.8 Å². The van der Waals surface area contributed by atoms with E-state index < -0.39 is 0 Å². The Morgan fingerprint density at radius 2 is 1.04 bits per heavy atom. The van der Waals surface area contributed by atoms with Crippen LogP contribution in [0.15, 0.2) is 192 Å². The molecule has 2 heterocycles. The molecule has 69 heavy (non-hydrogen) atoms. The number of para-hydroxylation sites is 2. The summed E-state index contributed by atoms with van der Waals surface area (Å²) in [4.78, 5) is 2.02. The molecule has 1 aromatic heterocycles. The number of anilines is 3. The molecule has 0 aliphatic carbocycles. The summed E-state index contributed by atoms with van der Waals surface area (Å²) in [5.41, 5.74) is 20.3. The van der Waals surface area contributed by atoms with Crippen molar-refractivity contribution in [1.29, 1.82) is 0 Å². The Balaban J connectivity index is 1.08. The lowest BCUT2D eigenvalue weighted by atomic mass is 9.33. The second kappa shape index (κ2) is 16.6. The van der Waals surface area contributed by atoms with Gasteiger partial charge in [-0.15, -0.1) is 0 Å². The average molecular weight is 894 g/mol. The number of halogens is 1. The van der Waals surface area contributed by atoms with Crippen LogP contribution in [0.4, 0.5) is 21.5 Å². The van der Waals surface area contributed by atoms with Crippen LogP contribution in [0.5, 0.6) is 11.5 Å². The number of aryl methyl sites for hydroxylation is 6. The molecule has 0 atom stereocenters. The highest BCUT2D eigenvalue weighted by Crippen LogP contribution is 2.52. The summed E-state index contributed by atoms with van der Waals surface area (Å²) in [6.45, 7) is 13.4. The van der Waals surface area contributed by atoms with Gasteiger partial charge in [0.25, 0.3) is 0 Å². The van der Waals surface area contributed by atoms with Crippen molar-refractivity contribution in [1.82, 2.24) is 0 Å². The van der Waals surface area contributed by atoms with Crippen LogP contribution in [0.3, 0.4) is 0 Å². The Kier molecular flexibility index (Phi) is 10.1. The molecule has 1 aliphatic rings. The highest BCUT2D eigenvalue weighted by Gasteiger charge is 2.33. The summed E-state index contributed by atoms with van der Waals surface area (Å²) >= 11 is 0. The monoisotopic (exact) mass is 893 g/mol. The summed E-state index contributed by atoms with van der Waals surface area (Å²) < 4.78 is 31.6. The molecule has 1 aliphatic heterocycles. The molecule has 0 saturated carbocycles. The highest BCUT2D eigenvalue weighted by atomic mass is 19.1. The molecular formula is C64H49BFNO2. The number of benzene rings is 10. The molecule has 0 fully saturated rings. The summed E-state index contributed by atoms with van der Waals surface area (Å²) in [7, 11) is 0. The van der Waals surface area contributed by atoms with Crippen molar-refractivity contribution in [2.45, 2.75) is 41.5 Å². The first-order chi connectivity index (χ1) is 33.6. The number of rotatable bonds is 8. The van der Waals surface area contributed by atoms with Gasteiger partial charge in [-0.25, -0.2) is 4.39 Å². The molecule has 5 heteroatoms. The molecule has 0 N–H and O–H groups in total. The van der Waals surface area contributed by atoms with E-state index in [1.807, 2.05) is 95.9 Å². The fourth-order valence-corrected chi connectivity index (χ4v) is 11.5. The molecule has 0 amide bonds. The minimum Gasteiger partial charge on any atom is -0.456 e. The predicted molar refractivity (Wildman–Crippen MR) is 288 cm³/mol. The predicted octanol–water partition coefficient (Wildman–Crippen LogP) is 15.8. The van der Waals surface area contributed by atoms with Crippen LogP contribution in [0.25, 0.3) is 66.1 Å². The lowest BCUT2D eigenvalue weighted by Gasteiger charge is -2.31. The number of nitrogens with zero attached hydrogens (tertiary/aromatic N) is 1. The Morgan fingerprint density at radius 3 is 1.74 bits per heavy atom. The number of ether oxygens (including phenoxy) is 1. The molecule has 0 spiro atoms. The normalized spacial score (nSPS) is 11.8. The molecule has 10 aromatic carbocycles. The van der Waals surface area contributed by atoms with E-state index in [0.29, 0.717) is 22.7 Å². The summed E-state index contributed by atoms with van der Waals surface area (Å²) in [6.07, 6.45) is 0. The number of hydrogen-bond acceptors (Lipinski definition) is 3. The first kappa shape index (κ1) is 42.2. The van der Waals surface area contributed by atoms with Crippen LogP contribution in [-0.2, 0) is 0 Å². The van der Waals surface area contributed by atoms with Crippen molar-refractivity contribution in [3.63, 3.8) is 0 Å². The Hall–Kier alpha value is -8.15. The van der Waals surface area contributed by atoms with Crippen LogP contribution in [0.1, 0.15) is 33.4 Å². The molecule has 0 bridgehead atoms. The molecule has 0 unspecified atom stereocenters. The SMILES string of the molecule is Cc1cc(C)c(B(c2c(C)cc(C)cc2C)c2ccc3c4c(cccc24)Oc2cc(N(c4c(F)cc(-c5ccccc5)cc4-c4ccccc4)c4cccc5c4oc4ccccc45)ccc2-3)c(C)c1. The third-order valence-electron chi connectivity index (χ3n) is 14.2. The highest BCUT2D eigenvalue weighted by molar-refractivity contribution is 6.98. The topological polar surface area (TPSA) is 25.6 Å². The van der Waals surface area contributed by atoms with E-state index in [1.54, 1.807) is 6.07 Å². The van der Waals surface area contributed by atoms with E-state index in [4.69, 9.17) is 9.15 Å². The largest absolute Gasteiger partial charge is 0.456 e. The van der Waals surface area contributed by atoms with Crippen LogP contribution < -0.4 is 26.0 Å². The fourth-order valence-electron chi connectivity index (χ4n) is 11.5. The molecule has 0 radical (unpaired) electrons. The number of hydrogen-bond donors (Lipinski definition) is 0. The zero-order chi connectivity index (χ0) is 47.1. The maximum atomic E-state index is 17.8. The molecule has 0 saturated heterocycles. The average Bonchev–Trinajstić information content (AvgIpc) is 3.73. The minimum atomic E-state index is -0.364. The van der Waals surface area contributed by atoms with E-state index >= 15 is 4.39 Å². The van der Waals surface area contributed by atoms with Crippen LogP contribution in [0, 0.1) is 47.4 Å². The summed E-state index contributed by atoms with van der Waals surface area (Å²) in [5, 5.41) is 4.20. The number of furan rings is 1. The molecular weight excluding hydrogens is 845 g/mol. The zero-order valence-electron chi connectivity index (χ0n) is 39.6. The van der Waals surface area contributed by atoms with Crippen LogP contribution >= 0.6 is 0 Å². The Labute approximate surface area is 403 Å². The van der Waals surface area contributed by atoms with E-state index in [2.05, 4.69) is 133 Å². The Morgan fingerprint density at radius 1 is 0.449 bits per heavy atom. The summed E-state index contributed by atoms with van der Waals surface area (Å²) in [6, 6.07) is 64.7. The zero-order valence-corrected chi connectivity index (χ0v) is 39.6. The van der Waals surface area contributed by atoms with Gasteiger partial charge in [-0.05, 0) is 112 Å². The quantitative estimate of drug-likeness (QED) is 0.142. The second-order valence-electron chi connectivity index (χ2n) is 18.9. The summed E-state index contributed by atoms with van der Waals surface area (Å²) in [5.74, 6) is 1.12. The minimum absolute atomic E-state index is 0.00391. The van der Waals surface area contributed by atoms with Crippen molar-refractivity contribution in [3.05, 3.63) is 227 Å². The van der Waals surface area contributed by atoms with Gasteiger partial charge in [0.15, 0.2) is 5.58 Å². The van der Waals surface area contributed by atoms with Crippen molar-refractivity contribution >= 4 is 72.9 Å². The van der Waals surface area contributed by atoms with Crippen molar-refractivity contribution in [2.24, 2.45) is 0 Å². The lowest BCUT2D eigenvalue weighted by Crippen LogP contribution is -2.56. The van der Waals surface area contributed by atoms with E-state index in [0.717, 1.165) is 71.9 Å².